The molecule has 0 spiro atoms. The van der Waals surface area contributed by atoms with Gasteiger partial charge >= 0.3 is 7.12 Å². The molecule has 1 fully saturated rings. The molecule has 59 heavy (non-hydrogen) atoms. The highest BCUT2D eigenvalue weighted by Gasteiger charge is 2.31. The fourth-order valence-corrected chi connectivity index (χ4v) is 8.05. The van der Waals surface area contributed by atoms with Crippen molar-refractivity contribution in [1.29, 1.82) is 0 Å². The summed E-state index contributed by atoms with van der Waals surface area (Å²) in [6, 6.07) is 31.5. The standard InChI is InChI=1S/C45H41BClFN6O5/c1-27-51-52-44-40(50-43(30-10-12-35(47)13-11-30)38-24-36(59-2)14-16-41(38)54(27)44)25-42(55)49-26-28-9-15-39(48)37(21-28)29-17-19-53(20-18-29)45(56)33-7-3-5-31(22-33)32-6-4-8-34(23-32)46(57)58/h3-16,21-24,29,40,57-58H,17-20,25-26H2,1-2H3,(H,49,55). The maximum absolute atomic E-state index is 15.4. The maximum Gasteiger partial charge on any atom is 0.488 e. The number of hydrogen-bond donors (Lipinski definition) is 3. The summed E-state index contributed by atoms with van der Waals surface area (Å²) < 4.78 is 22.9. The van der Waals surface area contributed by atoms with Crippen molar-refractivity contribution in [3.63, 3.8) is 0 Å². The lowest BCUT2D eigenvalue weighted by Crippen LogP contribution is -2.38. The molecule has 6 aromatic rings. The van der Waals surface area contributed by atoms with E-state index in [0.717, 1.165) is 33.5 Å². The monoisotopic (exact) mass is 810 g/mol. The molecule has 3 heterocycles. The summed E-state index contributed by atoms with van der Waals surface area (Å²) in [6.45, 7) is 2.96. The number of aromatic nitrogens is 3. The van der Waals surface area contributed by atoms with Gasteiger partial charge < -0.3 is 25.0 Å². The Morgan fingerprint density at radius 1 is 0.898 bits per heavy atom. The van der Waals surface area contributed by atoms with Crippen molar-refractivity contribution in [2.24, 2.45) is 4.99 Å². The number of carbonyl (C=O) groups excluding carboxylic acids is 2. The van der Waals surface area contributed by atoms with Gasteiger partial charge in [-0.05, 0) is 102 Å². The Morgan fingerprint density at radius 2 is 1.64 bits per heavy atom. The molecule has 0 aliphatic carbocycles. The van der Waals surface area contributed by atoms with E-state index in [-0.39, 0.29) is 36.5 Å². The number of amides is 2. The van der Waals surface area contributed by atoms with E-state index in [1.807, 2.05) is 66.1 Å². The lowest BCUT2D eigenvalue weighted by Gasteiger charge is -2.32. The number of methoxy groups -OCH3 is 1. The molecule has 2 aliphatic heterocycles. The zero-order chi connectivity index (χ0) is 41.2. The lowest BCUT2D eigenvalue weighted by molar-refractivity contribution is -0.121. The molecule has 1 atom stereocenters. The van der Waals surface area contributed by atoms with E-state index < -0.39 is 13.2 Å². The molecule has 2 aliphatic rings. The average Bonchev–Trinajstić information content (AvgIpc) is 3.59. The van der Waals surface area contributed by atoms with Crippen molar-refractivity contribution < 1.29 is 28.8 Å². The predicted octanol–water partition coefficient (Wildman–Crippen LogP) is 6.34. The minimum Gasteiger partial charge on any atom is -0.497 e. The first-order chi connectivity index (χ1) is 28.6. The molecule has 14 heteroatoms. The average molecular weight is 811 g/mol. The minimum atomic E-state index is -1.59. The Hall–Kier alpha value is -6.15. The summed E-state index contributed by atoms with van der Waals surface area (Å²) in [5.41, 5.74) is 6.85. The van der Waals surface area contributed by atoms with Crippen molar-refractivity contribution in [2.45, 2.75) is 44.7 Å². The number of aryl methyl sites for hydroxylation is 1. The number of rotatable bonds is 10. The fourth-order valence-electron chi connectivity index (χ4n) is 7.93. The number of benzene rings is 5. The van der Waals surface area contributed by atoms with Crippen LogP contribution in [0.5, 0.6) is 5.75 Å². The van der Waals surface area contributed by atoms with Gasteiger partial charge in [-0.3, -0.25) is 19.1 Å². The van der Waals surface area contributed by atoms with Crippen LogP contribution in [0.25, 0.3) is 16.8 Å². The van der Waals surface area contributed by atoms with Crippen LogP contribution in [0.15, 0.2) is 114 Å². The van der Waals surface area contributed by atoms with E-state index in [0.29, 0.717) is 70.7 Å². The van der Waals surface area contributed by atoms with Crippen molar-refractivity contribution in [1.82, 2.24) is 25.0 Å². The van der Waals surface area contributed by atoms with Gasteiger partial charge in [-0.15, -0.1) is 10.2 Å². The van der Waals surface area contributed by atoms with Crippen LogP contribution in [0.3, 0.4) is 0 Å². The Morgan fingerprint density at radius 3 is 2.39 bits per heavy atom. The normalized spacial score (nSPS) is 15.1. The highest BCUT2D eigenvalue weighted by molar-refractivity contribution is 6.58. The second-order valence-electron chi connectivity index (χ2n) is 14.8. The minimum absolute atomic E-state index is 0.0119. The summed E-state index contributed by atoms with van der Waals surface area (Å²) in [5.74, 6) is 1.04. The number of hydrogen-bond acceptors (Lipinski definition) is 8. The molecule has 5 aromatic carbocycles. The quantitative estimate of drug-likeness (QED) is 0.137. The molecule has 0 saturated carbocycles. The molecule has 0 radical (unpaired) electrons. The molecule has 1 saturated heterocycles. The smallest absolute Gasteiger partial charge is 0.488 e. The Bertz CT molecular complexity index is 2570. The molecule has 3 N–H and O–H groups in total. The predicted molar refractivity (Wildman–Crippen MR) is 225 cm³/mol. The first-order valence-corrected chi connectivity index (χ1v) is 19.8. The van der Waals surface area contributed by atoms with Crippen LogP contribution in [0, 0.1) is 12.7 Å². The van der Waals surface area contributed by atoms with Crippen LogP contribution in [0.2, 0.25) is 5.02 Å². The van der Waals surface area contributed by atoms with Gasteiger partial charge in [-0.25, -0.2) is 4.39 Å². The zero-order valence-corrected chi connectivity index (χ0v) is 33.2. The number of halogens is 2. The topological polar surface area (TPSA) is 142 Å². The van der Waals surface area contributed by atoms with Gasteiger partial charge in [0.05, 0.1) is 24.9 Å². The molecule has 2 amide bonds. The summed E-state index contributed by atoms with van der Waals surface area (Å²) >= 11 is 6.24. The van der Waals surface area contributed by atoms with Crippen molar-refractivity contribution >= 4 is 41.7 Å². The number of ether oxygens (including phenoxy) is 1. The van der Waals surface area contributed by atoms with Gasteiger partial charge in [0.15, 0.2) is 5.82 Å². The van der Waals surface area contributed by atoms with E-state index in [1.165, 1.54) is 6.07 Å². The summed E-state index contributed by atoms with van der Waals surface area (Å²) in [5, 5.41) is 31.6. The Kier molecular flexibility index (Phi) is 11.4. The van der Waals surface area contributed by atoms with E-state index in [4.69, 9.17) is 21.3 Å². The van der Waals surface area contributed by atoms with Crippen LogP contribution in [-0.2, 0) is 11.3 Å². The Balaban J connectivity index is 0.944. The third kappa shape index (κ3) is 8.40. The van der Waals surface area contributed by atoms with Gasteiger partial charge in [0.1, 0.15) is 23.4 Å². The van der Waals surface area contributed by atoms with Crippen LogP contribution >= 0.6 is 11.6 Å². The van der Waals surface area contributed by atoms with Crippen LogP contribution in [-0.4, -0.2) is 74.6 Å². The molecule has 11 nitrogen and oxygen atoms in total. The zero-order valence-electron chi connectivity index (χ0n) is 32.5. The van der Waals surface area contributed by atoms with E-state index in [1.54, 1.807) is 60.5 Å². The number of likely N-dealkylation sites (tertiary alicyclic amines) is 1. The molecule has 1 aromatic heterocycles. The number of nitrogens with one attached hydrogen (secondary N) is 1. The maximum atomic E-state index is 15.4. The molecule has 8 rings (SSSR count). The molecular formula is C45H41BClFN6O5. The summed E-state index contributed by atoms with van der Waals surface area (Å²) in [7, 11) is 0.0150. The highest BCUT2D eigenvalue weighted by atomic mass is 35.5. The molecule has 1 unspecified atom stereocenters. The summed E-state index contributed by atoms with van der Waals surface area (Å²) in [6.07, 6.45) is 1.15. The van der Waals surface area contributed by atoms with Gasteiger partial charge in [-0.1, -0.05) is 72.3 Å². The van der Waals surface area contributed by atoms with Gasteiger partial charge in [0.25, 0.3) is 5.91 Å². The first-order valence-electron chi connectivity index (χ1n) is 19.4. The number of piperidine rings is 1. The summed E-state index contributed by atoms with van der Waals surface area (Å²) in [4.78, 5) is 34.2. The number of aliphatic imine (C=N–C) groups is 1. The third-order valence-corrected chi connectivity index (χ3v) is 11.3. The number of carbonyl (C=O) groups is 2. The molecule has 298 valence electrons. The first kappa shape index (κ1) is 39.7. The van der Waals surface area contributed by atoms with Crippen molar-refractivity contribution in [3.05, 3.63) is 160 Å². The largest absolute Gasteiger partial charge is 0.497 e. The van der Waals surface area contributed by atoms with Crippen LogP contribution < -0.4 is 15.5 Å². The second kappa shape index (κ2) is 17.0. The van der Waals surface area contributed by atoms with Crippen LogP contribution in [0.1, 0.15) is 75.5 Å². The van der Waals surface area contributed by atoms with Gasteiger partial charge in [0.2, 0.25) is 5.91 Å². The van der Waals surface area contributed by atoms with Crippen molar-refractivity contribution in [3.8, 4) is 22.6 Å². The van der Waals surface area contributed by atoms with E-state index in [2.05, 4.69) is 15.5 Å². The molecular weight excluding hydrogens is 770 g/mol. The van der Waals surface area contributed by atoms with Crippen molar-refractivity contribution in [2.75, 3.05) is 20.2 Å². The second-order valence-corrected chi connectivity index (χ2v) is 15.2. The third-order valence-electron chi connectivity index (χ3n) is 11.0. The lowest BCUT2D eigenvalue weighted by atomic mass is 9.79. The Labute approximate surface area is 346 Å². The van der Waals surface area contributed by atoms with Gasteiger partial charge in [0, 0.05) is 41.3 Å². The van der Waals surface area contributed by atoms with Gasteiger partial charge in [-0.2, -0.15) is 0 Å². The highest BCUT2D eigenvalue weighted by Crippen LogP contribution is 2.35. The SMILES string of the molecule is COc1ccc2c(c1)C(c1ccc(Cl)cc1)=NC(CC(=O)NCc1ccc(F)c(C3CCN(C(=O)c4cccc(-c5cccc(B(O)O)c5)c4)CC3)c1)c1nnc(C)n1-2. The number of fused-ring (bicyclic) bond motifs is 3. The van der Waals surface area contributed by atoms with E-state index in [9.17, 15) is 19.6 Å². The molecule has 0 bridgehead atoms. The fraction of sp³-hybridized carbons (Fsp3) is 0.222. The van der Waals surface area contributed by atoms with E-state index >= 15 is 4.39 Å². The van der Waals surface area contributed by atoms with Crippen LogP contribution in [0.4, 0.5) is 4.39 Å². The number of nitrogens with zero attached hydrogens (tertiary/aromatic N) is 5.